The summed E-state index contributed by atoms with van der Waals surface area (Å²) in [7, 11) is 0. The highest BCUT2D eigenvalue weighted by Gasteiger charge is 2.44. The second-order valence-electron chi connectivity index (χ2n) is 4.18. The molecular weight excluding hydrogens is 242 g/mol. The van der Waals surface area contributed by atoms with Gasteiger partial charge in [-0.3, -0.25) is 0 Å². The zero-order valence-corrected chi connectivity index (χ0v) is 9.36. The Kier molecular flexibility index (Phi) is 3.04. The highest BCUT2D eigenvalue weighted by Crippen LogP contribution is 2.25. The molecule has 1 aromatic carbocycles. The molecule has 0 spiro atoms. The molecule has 1 atom stereocenters. The normalized spacial score (nSPS) is 14.9. The van der Waals surface area contributed by atoms with E-state index in [4.69, 9.17) is 10.8 Å². The van der Waals surface area contributed by atoms with Gasteiger partial charge in [0.05, 0.1) is 0 Å². The van der Waals surface area contributed by atoms with E-state index in [0.29, 0.717) is 10.9 Å². The highest BCUT2D eigenvalue weighted by atomic mass is 19.3. The van der Waals surface area contributed by atoms with Crippen molar-refractivity contribution in [1.82, 2.24) is 4.98 Å². The molecule has 0 bridgehead atoms. The van der Waals surface area contributed by atoms with Crippen LogP contribution in [0.25, 0.3) is 10.9 Å². The highest BCUT2D eigenvalue weighted by molar-refractivity contribution is 5.85. The van der Waals surface area contributed by atoms with E-state index in [1.807, 2.05) is 0 Å². The first-order valence-electron chi connectivity index (χ1n) is 5.30. The van der Waals surface area contributed by atoms with Gasteiger partial charge in [-0.2, -0.15) is 0 Å². The third-order valence-corrected chi connectivity index (χ3v) is 2.95. The molecule has 0 aliphatic carbocycles. The Morgan fingerprint density at radius 3 is 2.72 bits per heavy atom. The monoisotopic (exact) mass is 254 g/mol. The molecule has 4 N–H and O–H groups in total. The van der Waals surface area contributed by atoms with Crippen LogP contribution in [-0.4, -0.2) is 28.0 Å². The molecule has 2 aromatic rings. The number of aromatic amines is 1. The molecule has 96 valence electrons. The van der Waals surface area contributed by atoms with Gasteiger partial charge < -0.3 is 15.8 Å². The first kappa shape index (κ1) is 12.5. The molecule has 0 aliphatic heterocycles. The first-order chi connectivity index (χ1) is 8.45. The Morgan fingerprint density at radius 1 is 1.44 bits per heavy atom. The molecule has 0 fully saturated rings. The predicted molar refractivity (Wildman–Crippen MR) is 62.6 cm³/mol. The summed E-state index contributed by atoms with van der Waals surface area (Å²) >= 11 is 0. The second kappa shape index (κ2) is 4.38. The van der Waals surface area contributed by atoms with Gasteiger partial charge in [0, 0.05) is 23.5 Å². The van der Waals surface area contributed by atoms with E-state index in [-0.39, 0.29) is 0 Å². The van der Waals surface area contributed by atoms with Crippen molar-refractivity contribution in [3.8, 4) is 0 Å². The fourth-order valence-corrected chi connectivity index (χ4v) is 1.84. The fourth-order valence-electron chi connectivity index (χ4n) is 1.84. The molecule has 0 saturated carbocycles. The first-order valence-corrected chi connectivity index (χ1v) is 5.30. The topological polar surface area (TPSA) is 79.1 Å². The van der Waals surface area contributed by atoms with Crippen LogP contribution >= 0.6 is 0 Å². The molecule has 4 nitrogen and oxygen atoms in total. The summed E-state index contributed by atoms with van der Waals surface area (Å²) in [4.78, 5) is 13.8. The van der Waals surface area contributed by atoms with E-state index in [1.54, 1.807) is 24.3 Å². The van der Waals surface area contributed by atoms with Crippen LogP contribution in [0.5, 0.6) is 0 Å². The molecule has 0 aliphatic rings. The van der Waals surface area contributed by atoms with Gasteiger partial charge in [-0.1, -0.05) is 18.2 Å². The number of carbonyl (C=O) groups is 1. The largest absolute Gasteiger partial charge is 0.480 e. The third kappa shape index (κ3) is 1.95. The Bertz CT molecular complexity index is 582. The average Bonchev–Trinajstić information content (AvgIpc) is 2.72. The molecule has 1 aromatic heterocycles. The number of H-pyrrole nitrogens is 1. The van der Waals surface area contributed by atoms with Crippen LogP contribution in [0, 0.1) is 0 Å². The van der Waals surface area contributed by atoms with Gasteiger partial charge in [0.15, 0.2) is 5.54 Å². The van der Waals surface area contributed by atoms with Gasteiger partial charge in [-0.15, -0.1) is 0 Å². The molecule has 1 heterocycles. The van der Waals surface area contributed by atoms with Crippen LogP contribution in [-0.2, 0) is 11.2 Å². The lowest BCUT2D eigenvalue weighted by molar-refractivity contribution is -0.149. The minimum atomic E-state index is -3.14. The zero-order valence-electron chi connectivity index (χ0n) is 9.36. The lowest BCUT2D eigenvalue weighted by Crippen LogP contribution is -2.55. The van der Waals surface area contributed by atoms with E-state index in [9.17, 15) is 13.6 Å². The maximum Gasteiger partial charge on any atom is 0.330 e. The number of fused-ring (bicyclic) bond motifs is 1. The van der Waals surface area contributed by atoms with E-state index in [0.717, 1.165) is 5.52 Å². The molecule has 0 radical (unpaired) electrons. The summed E-state index contributed by atoms with van der Waals surface area (Å²) in [6.45, 7) is 0. The summed E-state index contributed by atoms with van der Waals surface area (Å²) in [5.74, 6) is -1.71. The molecule has 0 saturated heterocycles. The molecule has 18 heavy (non-hydrogen) atoms. The van der Waals surface area contributed by atoms with Crippen molar-refractivity contribution in [2.45, 2.75) is 18.4 Å². The maximum absolute atomic E-state index is 12.8. The van der Waals surface area contributed by atoms with E-state index >= 15 is 0 Å². The van der Waals surface area contributed by atoms with Crippen LogP contribution in [0.3, 0.4) is 0 Å². The molecular formula is C12H12F2N2O2. The van der Waals surface area contributed by atoms with Crippen LogP contribution in [0.15, 0.2) is 30.5 Å². The quantitative estimate of drug-likeness (QED) is 0.777. The molecule has 1 unspecified atom stereocenters. The smallest absolute Gasteiger partial charge is 0.330 e. The van der Waals surface area contributed by atoms with E-state index in [1.165, 1.54) is 6.20 Å². The predicted octanol–water partition coefficient (Wildman–Crippen LogP) is 1.76. The number of carboxylic acids is 1. The minimum Gasteiger partial charge on any atom is -0.480 e. The van der Waals surface area contributed by atoms with Crippen LogP contribution in [0.1, 0.15) is 5.56 Å². The van der Waals surface area contributed by atoms with Crippen molar-refractivity contribution >= 4 is 16.9 Å². The number of hydrogen-bond acceptors (Lipinski definition) is 2. The average molecular weight is 254 g/mol. The van der Waals surface area contributed by atoms with Gasteiger partial charge in [0.25, 0.3) is 6.43 Å². The molecule has 2 rings (SSSR count). The number of alkyl halides is 2. The number of aromatic nitrogens is 1. The number of carboxylic acid groups (broad SMARTS) is 1. The number of para-hydroxylation sites is 1. The van der Waals surface area contributed by atoms with Crippen LogP contribution in [0.4, 0.5) is 8.78 Å². The van der Waals surface area contributed by atoms with Crippen molar-refractivity contribution in [2.75, 3.05) is 0 Å². The lowest BCUT2D eigenvalue weighted by atomic mass is 9.92. The summed E-state index contributed by atoms with van der Waals surface area (Å²) < 4.78 is 25.6. The van der Waals surface area contributed by atoms with Crippen molar-refractivity contribution in [1.29, 1.82) is 0 Å². The van der Waals surface area contributed by atoms with E-state index in [2.05, 4.69) is 4.98 Å². The lowest BCUT2D eigenvalue weighted by Gasteiger charge is -2.23. The Balaban J connectivity index is 2.41. The summed E-state index contributed by atoms with van der Waals surface area (Å²) in [5, 5.41) is 9.56. The van der Waals surface area contributed by atoms with Gasteiger partial charge in [0.1, 0.15) is 0 Å². The number of aliphatic carboxylic acids is 1. The van der Waals surface area contributed by atoms with Crippen molar-refractivity contribution in [2.24, 2.45) is 5.73 Å². The Labute approximate surface area is 101 Å². The SMILES string of the molecule is NC(Cc1c[nH]c2ccccc12)(C(=O)O)C(F)F. The number of nitrogens with two attached hydrogens (primary N) is 1. The zero-order chi connectivity index (χ0) is 13.3. The number of rotatable bonds is 4. The third-order valence-electron chi connectivity index (χ3n) is 2.95. The molecule has 0 amide bonds. The van der Waals surface area contributed by atoms with Gasteiger partial charge in [0.2, 0.25) is 0 Å². The van der Waals surface area contributed by atoms with Crippen LogP contribution in [0.2, 0.25) is 0 Å². The van der Waals surface area contributed by atoms with Crippen LogP contribution < -0.4 is 5.73 Å². The van der Waals surface area contributed by atoms with Gasteiger partial charge >= 0.3 is 5.97 Å². The summed E-state index contributed by atoms with van der Waals surface area (Å²) in [6.07, 6.45) is -2.05. The van der Waals surface area contributed by atoms with Gasteiger partial charge in [-0.05, 0) is 11.6 Å². The van der Waals surface area contributed by atoms with Gasteiger partial charge in [-0.25, -0.2) is 13.6 Å². The van der Waals surface area contributed by atoms with Crippen molar-refractivity contribution in [3.63, 3.8) is 0 Å². The Hall–Kier alpha value is -1.95. The van der Waals surface area contributed by atoms with Crippen molar-refractivity contribution < 1.29 is 18.7 Å². The number of halogens is 2. The number of nitrogens with one attached hydrogen (secondary N) is 1. The number of benzene rings is 1. The summed E-state index contributed by atoms with van der Waals surface area (Å²) in [6, 6.07) is 7.05. The maximum atomic E-state index is 12.8. The second-order valence-corrected chi connectivity index (χ2v) is 4.18. The number of hydrogen-bond donors (Lipinski definition) is 3. The Morgan fingerprint density at radius 2 is 2.11 bits per heavy atom. The molecule has 6 heteroatoms. The van der Waals surface area contributed by atoms with Crippen molar-refractivity contribution in [3.05, 3.63) is 36.0 Å². The minimum absolute atomic E-state index is 0.427. The fraction of sp³-hybridized carbons (Fsp3) is 0.250. The standard InChI is InChI=1S/C12H12F2N2O2/c13-10(14)12(15,11(17)18)5-7-6-16-9-4-2-1-3-8(7)9/h1-4,6,10,16H,5,15H2,(H,17,18). The van der Waals surface area contributed by atoms with E-state index < -0.39 is 24.4 Å². The summed E-state index contributed by atoms with van der Waals surface area (Å²) in [5.41, 5.74) is 3.97.